The van der Waals surface area contributed by atoms with Crippen molar-refractivity contribution in [1.82, 2.24) is 0 Å². The zero-order chi connectivity index (χ0) is 29.7. The van der Waals surface area contributed by atoms with Gasteiger partial charge in [0.1, 0.15) is 6.61 Å². The summed E-state index contributed by atoms with van der Waals surface area (Å²) in [5.74, 6) is -0.908. The molecule has 0 rings (SSSR count). The Kier molecular flexibility index (Phi) is 27.1. The topological polar surface area (TPSA) is 119 Å². The van der Waals surface area contributed by atoms with E-state index in [0.29, 0.717) is 12.8 Å². The molecule has 0 saturated heterocycles. The molecule has 8 nitrogen and oxygen atoms in total. The fourth-order valence-electron chi connectivity index (χ4n) is 4.37. The maximum absolute atomic E-state index is 12.2. The lowest BCUT2D eigenvalue weighted by molar-refractivity contribution is -0.161. The number of hydrogen-bond donors (Lipinski definition) is 2. The molecule has 0 bridgehead atoms. The Morgan fingerprint density at radius 1 is 0.625 bits per heavy atom. The van der Waals surface area contributed by atoms with E-state index in [2.05, 4.69) is 30.5 Å². The first-order chi connectivity index (χ1) is 19.3. The van der Waals surface area contributed by atoms with Crippen LogP contribution in [-0.2, 0) is 28.2 Å². The lowest BCUT2D eigenvalue weighted by atomic mass is 10.1. The van der Waals surface area contributed by atoms with Crippen molar-refractivity contribution in [2.45, 2.75) is 161 Å². The Labute approximate surface area is 244 Å². The number of hydrogen-bond acceptors (Lipinski definition) is 6. The highest BCUT2D eigenvalue weighted by Gasteiger charge is 2.22. The van der Waals surface area contributed by atoms with Crippen molar-refractivity contribution in [2.75, 3.05) is 13.2 Å². The molecule has 0 aliphatic heterocycles. The SMILES string of the molecule is CCCCCCCCCC/C=C/CCCCCC(=O)OC[C@H](COP(=O)(O)O)OC(=O)CCCCCCCCC. The van der Waals surface area contributed by atoms with Gasteiger partial charge in [0.25, 0.3) is 0 Å². The van der Waals surface area contributed by atoms with Gasteiger partial charge in [0.05, 0.1) is 6.61 Å². The summed E-state index contributed by atoms with van der Waals surface area (Å²) in [6.45, 7) is 3.59. The van der Waals surface area contributed by atoms with Crippen LogP contribution >= 0.6 is 7.82 Å². The van der Waals surface area contributed by atoms with Gasteiger partial charge in [0.2, 0.25) is 0 Å². The van der Waals surface area contributed by atoms with Gasteiger partial charge in [-0.2, -0.15) is 0 Å². The van der Waals surface area contributed by atoms with Crippen molar-refractivity contribution in [3.05, 3.63) is 12.2 Å². The van der Waals surface area contributed by atoms with Crippen LogP contribution in [0.15, 0.2) is 12.2 Å². The van der Waals surface area contributed by atoms with Gasteiger partial charge in [-0.25, -0.2) is 4.57 Å². The highest BCUT2D eigenvalue weighted by atomic mass is 31.2. The van der Waals surface area contributed by atoms with E-state index in [4.69, 9.17) is 19.3 Å². The van der Waals surface area contributed by atoms with Gasteiger partial charge in [-0.15, -0.1) is 0 Å². The number of esters is 2. The monoisotopic (exact) mass is 590 g/mol. The fourth-order valence-corrected chi connectivity index (χ4v) is 4.73. The third-order valence-corrected chi connectivity index (χ3v) is 7.27. The van der Waals surface area contributed by atoms with E-state index in [1.807, 2.05) is 0 Å². The van der Waals surface area contributed by atoms with Crippen LogP contribution in [0.3, 0.4) is 0 Å². The molecule has 0 saturated carbocycles. The molecule has 0 radical (unpaired) electrons. The van der Waals surface area contributed by atoms with Crippen molar-refractivity contribution in [2.24, 2.45) is 0 Å². The van der Waals surface area contributed by atoms with Gasteiger partial charge in [-0.05, 0) is 38.5 Å². The minimum Gasteiger partial charge on any atom is -0.462 e. The molecule has 0 spiro atoms. The zero-order valence-electron chi connectivity index (χ0n) is 25.5. The Morgan fingerprint density at radius 3 is 1.55 bits per heavy atom. The molecule has 0 aromatic carbocycles. The molecular weight excluding hydrogens is 531 g/mol. The van der Waals surface area contributed by atoms with Crippen LogP contribution < -0.4 is 0 Å². The van der Waals surface area contributed by atoms with E-state index in [1.165, 1.54) is 70.6 Å². The van der Waals surface area contributed by atoms with Crippen LogP contribution in [0.1, 0.15) is 155 Å². The molecule has 2 N–H and O–H groups in total. The Morgan fingerprint density at radius 2 is 1.05 bits per heavy atom. The van der Waals surface area contributed by atoms with Gasteiger partial charge in [0, 0.05) is 12.8 Å². The molecule has 0 aliphatic rings. The minimum atomic E-state index is -4.73. The summed E-state index contributed by atoms with van der Waals surface area (Å²) in [4.78, 5) is 42.2. The van der Waals surface area contributed by atoms with Crippen LogP contribution in [0.5, 0.6) is 0 Å². The first-order valence-electron chi connectivity index (χ1n) is 16.0. The van der Waals surface area contributed by atoms with Crippen molar-refractivity contribution >= 4 is 19.8 Å². The molecule has 0 aromatic rings. The number of phosphoric ester groups is 1. The number of allylic oxidation sites excluding steroid dienone is 2. The molecule has 0 aromatic heterocycles. The van der Waals surface area contributed by atoms with Gasteiger partial charge >= 0.3 is 19.8 Å². The quantitative estimate of drug-likeness (QED) is 0.0384. The van der Waals surface area contributed by atoms with Crippen molar-refractivity contribution < 1.29 is 37.9 Å². The normalized spacial score (nSPS) is 12.6. The van der Waals surface area contributed by atoms with Crippen LogP contribution in [0.2, 0.25) is 0 Å². The van der Waals surface area contributed by atoms with Crippen LogP contribution in [0.25, 0.3) is 0 Å². The molecule has 0 amide bonds. The first kappa shape index (κ1) is 38.8. The molecule has 9 heteroatoms. The maximum Gasteiger partial charge on any atom is 0.469 e. The number of carbonyl (C=O) groups is 2. The van der Waals surface area contributed by atoms with E-state index in [-0.39, 0.29) is 19.4 Å². The smallest absolute Gasteiger partial charge is 0.462 e. The first-order valence-corrected chi connectivity index (χ1v) is 17.5. The molecule has 40 heavy (non-hydrogen) atoms. The highest BCUT2D eigenvalue weighted by Crippen LogP contribution is 2.35. The van der Waals surface area contributed by atoms with Gasteiger partial charge in [-0.3, -0.25) is 14.1 Å². The molecular formula is C31H59O8P. The zero-order valence-corrected chi connectivity index (χ0v) is 26.4. The standard InChI is InChI=1S/C31H59O8P/c1-3-5-7-9-11-12-13-14-15-16-17-18-20-21-23-25-30(32)37-27-29(28-38-40(34,35)36)39-31(33)26-24-22-19-10-8-6-4-2/h16-17,29H,3-15,18-28H2,1-2H3,(H2,34,35,36)/b17-16+/t29-/m1/s1. The minimum absolute atomic E-state index is 0.210. The average molecular weight is 591 g/mol. The van der Waals surface area contributed by atoms with Crippen molar-refractivity contribution in [3.8, 4) is 0 Å². The number of ether oxygens (including phenoxy) is 2. The average Bonchev–Trinajstić information content (AvgIpc) is 2.91. The Bertz CT molecular complexity index is 676. The molecule has 0 heterocycles. The lowest BCUT2D eigenvalue weighted by Gasteiger charge is -2.18. The number of carbonyl (C=O) groups excluding carboxylic acids is 2. The third kappa shape index (κ3) is 29.8. The predicted octanol–water partition coefficient (Wildman–Crippen LogP) is 8.73. The van der Waals surface area contributed by atoms with E-state index < -0.39 is 32.5 Å². The largest absolute Gasteiger partial charge is 0.469 e. The van der Waals surface area contributed by atoms with E-state index in [1.54, 1.807) is 0 Å². The summed E-state index contributed by atoms with van der Waals surface area (Å²) in [6, 6.07) is 0. The summed E-state index contributed by atoms with van der Waals surface area (Å²) < 4.78 is 26.0. The number of rotatable bonds is 29. The van der Waals surface area contributed by atoms with Crippen LogP contribution in [0.4, 0.5) is 0 Å². The van der Waals surface area contributed by atoms with Gasteiger partial charge in [-0.1, -0.05) is 116 Å². The molecule has 0 aliphatic carbocycles. The fraction of sp³-hybridized carbons (Fsp3) is 0.871. The third-order valence-electron chi connectivity index (χ3n) is 6.78. The summed E-state index contributed by atoms with van der Waals surface area (Å²) in [5.41, 5.74) is 0. The number of phosphoric acid groups is 1. The van der Waals surface area contributed by atoms with Gasteiger partial charge < -0.3 is 19.3 Å². The molecule has 1 atom stereocenters. The summed E-state index contributed by atoms with van der Waals surface area (Å²) in [6.07, 6.45) is 26.7. The van der Waals surface area contributed by atoms with Crippen LogP contribution in [0, 0.1) is 0 Å². The Hall–Kier alpha value is -1.21. The van der Waals surface area contributed by atoms with Crippen LogP contribution in [-0.4, -0.2) is 41.0 Å². The predicted molar refractivity (Wildman–Crippen MR) is 161 cm³/mol. The molecule has 0 fully saturated rings. The second-order valence-electron chi connectivity index (χ2n) is 10.8. The maximum atomic E-state index is 12.2. The second-order valence-corrected chi connectivity index (χ2v) is 12.0. The summed E-state index contributed by atoms with van der Waals surface area (Å²) in [7, 11) is -4.73. The summed E-state index contributed by atoms with van der Waals surface area (Å²) >= 11 is 0. The van der Waals surface area contributed by atoms with E-state index >= 15 is 0 Å². The lowest BCUT2D eigenvalue weighted by Crippen LogP contribution is -2.29. The van der Waals surface area contributed by atoms with Gasteiger partial charge in [0.15, 0.2) is 6.10 Å². The Balaban J connectivity index is 3.99. The summed E-state index contributed by atoms with van der Waals surface area (Å²) in [5, 5.41) is 0. The number of unbranched alkanes of at least 4 members (excludes halogenated alkanes) is 17. The highest BCUT2D eigenvalue weighted by molar-refractivity contribution is 7.46. The molecule has 0 unspecified atom stereocenters. The van der Waals surface area contributed by atoms with E-state index in [0.717, 1.165) is 44.9 Å². The molecule has 236 valence electrons. The van der Waals surface area contributed by atoms with E-state index in [9.17, 15) is 14.2 Å². The van der Waals surface area contributed by atoms with Crippen molar-refractivity contribution in [1.29, 1.82) is 0 Å². The van der Waals surface area contributed by atoms with Crippen molar-refractivity contribution in [3.63, 3.8) is 0 Å². The second kappa shape index (κ2) is 27.9.